The van der Waals surface area contributed by atoms with Crippen LogP contribution in [0.1, 0.15) is 17.2 Å². The van der Waals surface area contributed by atoms with Gasteiger partial charge in [-0.05, 0) is 11.6 Å². The topological polar surface area (TPSA) is 46.5 Å². The van der Waals surface area contributed by atoms with Crippen LogP contribution >= 0.6 is 0 Å². The van der Waals surface area contributed by atoms with Crippen molar-refractivity contribution in [1.82, 2.24) is 0 Å². The van der Waals surface area contributed by atoms with Crippen molar-refractivity contribution >= 4 is 5.97 Å². The Morgan fingerprint density at radius 3 is 3.00 bits per heavy atom. The Balaban J connectivity index is 2.28. The van der Waals surface area contributed by atoms with Gasteiger partial charge in [0.15, 0.2) is 0 Å². The molecule has 0 unspecified atom stereocenters. The number of carbonyl (C=O) groups is 1. The van der Waals surface area contributed by atoms with Crippen molar-refractivity contribution in [1.29, 1.82) is 0 Å². The largest absolute Gasteiger partial charge is 0.479 e. The standard InChI is InChI=1S/C11H8O3/c12-10(13)11-6-5-9(14-11)7-3-1-2-4-8(7)11/h1-6,9H,(H,12,13)/t9-,11-/m1/s1. The minimum Gasteiger partial charge on any atom is -0.479 e. The van der Waals surface area contributed by atoms with Crippen LogP contribution in [-0.2, 0) is 15.1 Å². The van der Waals surface area contributed by atoms with E-state index in [0.717, 1.165) is 11.1 Å². The zero-order chi connectivity index (χ0) is 9.76. The van der Waals surface area contributed by atoms with Crippen molar-refractivity contribution in [3.63, 3.8) is 0 Å². The molecule has 1 N–H and O–H groups in total. The highest BCUT2D eigenvalue weighted by atomic mass is 16.5. The van der Waals surface area contributed by atoms with Crippen molar-refractivity contribution in [3.8, 4) is 0 Å². The monoisotopic (exact) mass is 188 g/mol. The molecule has 3 heteroatoms. The summed E-state index contributed by atoms with van der Waals surface area (Å²) in [4.78, 5) is 11.2. The molecule has 2 bridgehead atoms. The number of hydrogen-bond donors (Lipinski definition) is 1. The van der Waals surface area contributed by atoms with Crippen LogP contribution in [0, 0.1) is 0 Å². The van der Waals surface area contributed by atoms with Gasteiger partial charge in [0.05, 0.1) is 0 Å². The van der Waals surface area contributed by atoms with Gasteiger partial charge in [-0.3, -0.25) is 0 Å². The quantitative estimate of drug-likeness (QED) is 0.681. The molecule has 14 heavy (non-hydrogen) atoms. The van der Waals surface area contributed by atoms with Crippen LogP contribution in [0.4, 0.5) is 0 Å². The molecule has 2 atom stereocenters. The molecule has 1 aromatic rings. The maximum atomic E-state index is 11.2. The summed E-state index contributed by atoms with van der Waals surface area (Å²) in [5.74, 6) is -0.943. The van der Waals surface area contributed by atoms with E-state index in [4.69, 9.17) is 9.84 Å². The number of ether oxygens (including phenoxy) is 1. The van der Waals surface area contributed by atoms with Crippen molar-refractivity contribution in [3.05, 3.63) is 47.5 Å². The van der Waals surface area contributed by atoms with Crippen LogP contribution < -0.4 is 0 Å². The van der Waals surface area contributed by atoms with Crippen LogP contribution in [-0.4, -0.2) is 11.1 Å². The average molecular weight is 188 g/mol. The van der Waals surface area contributed by atoms with Gasteiger partial charge < -0.3 is 9.84 Å². The lowest BCUT2D eigenvalue weighted by molar-refractivity contribution is -0.158. The molecule has 2 heterocycles. The maximum Gasteiger partial charge on any atom is 0.344 e. The Hall–Kier alpha value is -1.61. The molecule has 1 aromatic carbocycles. The Kier molecular flexibility index (Phi) is 1.25. The summed E-state index contributed by atoms with van der Waals surface area (Å²) in [6.45, 7) is 0. The second kappa shape index (κ2) is 2.25. The summed E-state index contributed by atoms with van der Waals surface area (Å²) in [6.07, 6.45) is 3.25. The molecule has 0 amide bonds. The third-order valence-electron chi connectivity index (χ3n) is 2.80. The highest BCUT2D eigenvalue weighted by molar-refractivity contribution is 5.85. The van der Waals surface area contributed by atoms with Crippen molar-refractivity contribution in [2.75, 3.05) is 0 Å². The van der Waals surface area contributed by atoms with Gasteiger partial charge >= 0.3 is 5.97 Å². The molecule has 3 rings (SSSR count). The first-order valence-corrected chi connectivity index (χ1v) is 4.44. The van der Waals surface area contributed by atoms with Crippen LogP contribution in [0.3, 0.4) is 0 Å². The number of fused-ring (bicyclic) bond motifs is 5. The van der Waals surface area contributed by atoms with Gasteiger partial charge in [-0.2, -0.15) is 0 Å². The van der Waals surface area contributed by atoms with Gasteiger partial charge in [-0.25, -0.2) is 4.79 Å². The number of benzene rings is 1. The molecule has 0 saturated carbocycles. The fourth-order valence-corrected chi connectivity index (χ4v) is 2.14. The van der Waals surface area contributed by atoms with E-state index in [1.54, 1.807) is 12.2 Å². The lowest BCUT2D eigenvalue weighted by atomic mass is 9.87. The second-order valence-corrected chi connectivity index (χ2v) is 3.53. The summed E-state index contributed by atoms with van der Waals surface area (Å²) >= 11 is 0. The minimum atomic E-state index is -1.22. The molecule has 0 aliphatic carbocycles. The number of rotatable bonds is 1. The van der Waals surface area contributed by atoms with Gasteiger partial charge in [-0.1, -0.05) is 30.3 Å². The first kappa shape index (κ1) is 7.76. The summed E-state index contributed by atoms with van der Waals surface area (Å²) in [7, 11) is 0. The predicted octanol–water partition coefficient (Wildman–Crippen LogP) is 1.61. The van der Waals surface area contributed by atoms with E-state index in [9.17, 15) is 4.79 Å². The van der Waals surface area contributed by atoms with Gasteiger partial charge in [0.1, 0.15) is 6.10 Å². The normalized spacial score (nSPS) is 31.9. The molecule has 2 aliphatic rings. The van der Waals surface area contributed by atoms with E-state index < -0.39 is 11.6 Å². The van der Waals surface area contributed by atoms with Crippen molar-refractivity contribution in [2.24, 2.45) is 0 Å². The van der Waals surface area contributed by atoms with E-state index >= 15 is 0 Å². The van der Waals surface area contributed by atoms with Gasteiger partial charge in [0, 0.05) is 5.56 Å². The molecule has 70 valence electrons. The predicted molar refractivity (Wildman–Crippen MR) is 48.7 cm³/mol. The second-order valence-electron chi connectivity index (χ2n) is 3.53. The number of carboxylic acids is 1. The Labute approximate surface area is 80.6 Å². The van der Waals surface area contributed by atoms with Crippen LogP contribution in [0.5, 0.6) is 0 Å². The SMILES string of the molecule is O=C(O)[C@]12C=C[C@@H](O1)c1ccccc12. The lowest BCUT2D eigenvalue weighted by Gasteiger charge is -2.18. The van der Waals surface area contributed by atoms with Gasteiger partial charge in [-0.15, -0.1) is 0 Å². The fraction of sp³-hybridized carbons (Fsp3) is 0.182. The first-order valence-electron chi connectivity index (χ1n) is 4.44. The number of carboxylic acid groups (broad SMARTS) is 1. The van der Waals surface area contributed by atoms with Gasteiger partial charge in [0.25, 0.3) is 0 Å². The third-order valence-corrected chi connectivity index (χ3v) is 2.80. The number of hydrogen-bond acceptors (Lipinski definition) is 2. The molecule has 0 radical (unpaired) electrons. The number of aliphatic carboxylic acids is 1. The zero-order valence-corrected chi connectivity index (χ0v) is 7.31. The van der Waals surface area contributed by atoms with Crippen LogP contribution in [0.15, 0.2) is 36.4 Å². The molecule has 0 saturated heterocycles. The molecule has 2 aliphatic heterocycles. The van der Waals surface area contributed by atoms with Gasteiger partial charge in [0.2, 0.25) is 5.60 Å². The Morgan fingerprint density at radius 2 is 2.21 bits per heavy atom. The smallest absolute Gasteiger partial charge is 0.344 e. The molecule has 0 fully saturated rings. The maximum absolute atomic E-state index is 11.2. The minimum absolute atomic E-state index is 0.178. The molecular formula is C11H8O3. The van der Waals surface area contributed by atoms with E-state index in [2.05, 4.69) is 0 Å². The Bertz CT molecular complexity index is 450. The van der Waals surface area contributed by atoms with E-state index in [1.807, 2.05) is 24.3 Å². The summed E-state index contributed by atoms with van der Waals surface area (Å²) < 4.78 is 5.48. The van der Waals surface area contributed by atoms with E-state index in [1.165, 1.54) is 0 Å². The Morgan fingerprint density at radius 1 is 1.43 bits per heavy atom. The summed E-state index contributed by atoms with van der Waals surface area (Å²) in [6, 6.07) is 7.45. The highest BCUT2D eigenvalue weighted by Crippen LogP contribution is 2.50. The highest BCUT2D eigenvalue weighted by Gasteiger charge is 2.52. The lowest BCUT2D eigenvalue weighted by Crippen LogP contribution is -2.31. The van der Waals surface area contributed by atoms with Crippen LogP contribution in [0.2, 0.25) is 0 Å². The molecule has 3 nitrogen and oxygen atoms in total. The first-order chi connectivity index (χ1) is 6.74. The third kappa shape index (κ3) is 0.692. The van der Waals surface area contributed by atoms with E-state index in [0.29, 0.717) is 0 Å². The molecule has 0 spiro atoms. The molecule has 0 aromatic heterocycles. The van der Waals surface area contributed by atoms with E-state index in [-0.39, 0.29) is 6.10 Å². The summed E-state index contributed by atoms with van der Waals surface area (Å²) in [5, 5.41) is 9.16. The average Bonchev–Trinajstić information content (AvgIpc) is 2.75. The summed E-state index contributed by atoms with van der Waals surface area (Å²) in [5.41, 5.74) is 0.513. The van der Waals surface area contributed by atoms with Crippen molar-refractivity contribution < 1.29 is 14.6 Å². The van der Waals surface area contributed by atoms with Crippen LogP contribution in [0.25, 0.3) is 0 Å². The van der Waals surface area contributed by atoms with Crippen molar-refractivity contribution in [2.45, 2.75) is 11.7 Å². The fourth-order valence-electron chi connectivity index (χ4n) is 2.14. The zero-order valence-electron chi connectivity index (χ0n) is 7.31. The molecular weight excluding hydrogens is 180 g/mol.